The van der Waals surface area contributed by atoms with E-state index in [9.17, 15) is 14.4 Å². The lowest BCUT2D eigenvalue weighted by atomic mass is 10.1. The highest BCUT2D eigenvalue weighted by atomic mass is 35.5. The number of hydrogen-bond donors (Lipinski definition) is 2. The number of rotatable bonds is 6. The minimum atomic E-state index is -1.06. The number of anilines is 1. The number of carbonyl (C=O) groups is 3. The molecular weight excluding hydrogens is 398 g/mol. The second-order valence-electron chi connectivity index (χ2n) is 5.73. The fourth-order valence-electron chi connectivity index (χ4n) is 2.40. The standard InChI is InChI=1S/C21H14ClNO4S/c22-16-7-2-1-6-15(16)20(25)23-14-5-3-4-13(12-14)8-9-17(24)18-10-11-19(28-18)21(26)27/h1-12H,(H,23,25)(H,26,27)/b9-8+. The van der Waals surface area contributed by atoms with Gasteiger partial charge in [-0.15, -0.1) is 11.3 Å². The smallest absolute Gasteiger partial charge is 0.345 e. The molecule has 0 atom stereocenters. The summed E-state index contributed by atoms with van der Waals surface area (Å²) in [5.74, 6) is -1.68. The fraction of sp³-hybridized carbons (Fsp3) is 0. The van der Waals surface area contributed by atoms with Gasteiger partial charge in [-0.3, -0.25) is 9.59 Å². The predicted octanol–water partition coefficient (Wildman–Crippen LogP) is 5.25. The molecule has 5 nitrogen and oxygen atoms in total. The van der Waals surface area contributed by atoms with Crippen LogP contribution in [0, 0.1) is 0 Å². The topological polar surface area (TPSA) is 83.5 Å². The summed E-state index contributed by atoms with van der Waals surface area (Å²) >= 11 is 6.96. The number of allylic oxidation sites excluding steroid dienone is 1. The molecule has 0 radical (unpaired) electrons. The van der Waals surface area contributed by atoms with Crippen LogP contribution in [0.2, 0.25) is 5.02 Å². The average molecular weight is 412 g/mol. The van der Waals surface area contributed by atoms with Crippen molar-refractivity contribution in [3.63, 3.8) is 0 Å². The average Bonchev–Trinajstić information content (AvgIpc) is 3.17. The van der Waals surface area contributed by atoms with Gasteiger partial charge in [0.1, 0.15) is 4.88 Å². The molecule has 140 valence electrons. The maximum atomic E-state index is 12.3. The van der Waals surface area contributed by atoms with E-state index in [1.165, 1.54) is 18.2 Å². The predicted molar refractivity (Wildman–Crippen MR) is 110 cm³/mol. The molecule has 0 bridgehead atoms. The molecule has 3 aromatic rings. The van der Waals surface area contributed by atoms with E-state index in [0.29, 0.717) is 26.7 Å². The number of carboxylic acids is 1. The number of amides is 1. The van der Waals surface area contributed by atoms with E-state index in [1.54, 1.807) is 54.6 Å². The third-order valence-electron chi connectivity index (χ3n) is 3.75. The summed E-state index contributed by atoms with van der Waals surface area (Å²) in [4.78, 5) is 35.9. The minimum absolute atomic E-state index is 0.112. The first kappa shape index (κ1) is 19.5. The Kier molecular flexibility index (Phi) is 6.03. The second-order valence-corrected chi connectivity index (χ2v) is 7.22. The number of aromatic carboxylic acids is 1. The Hall–Kier alpha value is -3.22. The Morgan fingerprint density at radius 3 is 2.43 bits per heavy atom. The van der Waals surface area contributed by atoms with Crippen LogP contribution in [0.1, 0.15) is 35.3 Å². The Morgan fingerprint density at radius 1 is 0.964 bits per heavy atom. The normalized spacial score (nSPS) is 10.8. The van der Waals surface area contributed by atoms with Crippen molar-refractivity contribution in [1.82, 2.24) is 0 Å². The molecule has 28 heavy (non-hydrogen) atoms. The zero-order valence-corrected chi connectivity index (χ0v) is 16.0. The van der Waals surface area contributed by atoms with Crippen LogP contribution < -0.4 is 5.32 Å². The van der Waals surface area contributed by atoms with Gasteiger partial charge in [-0.25, -0.2) is 4.79 Å². The van der Waals surface area contributed by atoms with Crippen LogP contribution in [-0.4, -0.2) is 22.8 Å². The molecule has 0 spiro atoms. The first-order valence-electron chi connectivity index (χ1n) is 8.15. The van der Waals surface area contributed by atoms with E-state index in [-0.39, 0.29) is 16.6 Å². The molecule has 0 aliphatic carbocycles. The lowest BCUT2D eigenvalue weighted by molar-refractivity contribution is 0.0701. The third kappa shape index (κ3) is 4.73. The number of benzene rings is 2. The number of carboxylic acid groups (broad SMARTS) is 1. The Labute approximate surface area is 169 Å². The first-order valence-corrected chi connectivity index (χ1v) is 9.35. The molecule has 7 heteroatoms. The number of hydrogen-bond acceptors (Lipinski definition) is 4. The van der Waals surface area contributed by atoms with Gasteiger partial charge in [0.15, 0.2) is 5.78 Å². The van der Waals surface area contributed by atoms with Crippen LogP contribution in [0.3, 0.4) is 0 Å². The van der Waals surface area contributed by atoms with Gasteiger partial charge in [0.25, 0.3) is 5.91 Å². The van der Waals surface area contributed by atoms with Gasteiger partial charge in [0, 0.05) is 5.69 Å². The van der Waals surface area contributed by atoms with Gasteiger partial charge in [0.2, 0.25) is 0 Å². The maximum Gasteiger partial charge on any atom is 0.345 e. The molecule has 1 aromatic heterocycles. The molecule has 0 saturated heterocycles. The van der Waals surface area contributed by atoms with Crippen molar-refractivity contribution in [2.45, 2.75) is 0 Å². The number of thiophene rings is 1. The number of ketones is 1. The van der Waals surface area contributed by atoms with E-state index in [1.807, 2.05) is 0 Å². The van der Waals surface area contributed by atoms with Gasteiger partial charge >= 0.3 is 5.97 Å². The van der Waals surface area contributed by atoms with Crippen LogP contribution in [-0.2, 0) is 0 Å². The summed E-state index contributed by atoms with van der Waals surface area (Å²) in [7, 11) is 0. The van der Waals surface area contributed by atoms with Crippen molar-refractivity contribution in [3.05, 3.63) is 92.6 Å². The SMILES string of the molecule is O=C(O)c1ccc(C(=O)/C=C/c2cccc(NC(=O)c3ccccc3Cl)c2)s1. The van der Waals surface area contributed by atoms with E-state index in [0.717, 1.165) is 11.3 Å². The zero-order chi connectivity index (χ0) is 20.1. The Bertz CT molecular complexity index is 1090. The first-order chi connectivity index (χ1) is 13.4. The van der Waals surface area contributed by atoms with Gasteiger partial charge in [0.05, 0.1) is 15.5 Å². The summed E-state index contributed by atoms with van der Waals surface area (Å²) in [5.41, 5.74) is 1.64. The summed E-state index contributed by atoms with van der Waals surface area (Å²) in [6.45, 7) is 0. The summed E-state index contributed by atoms with van der Waals surface area (Å²) in [6.07, 6.45) is 2.97. The Balaban J connectivity index is 1.71. The van der Waals surface area contributed by atoms with Crippen LogP contribution >= 0.6 is 22.9 Å². The molecule has 0 unspecified atom stereocenters. The molecule has 2 aromatic carbocycles. The molecule has 0 fully saturated rings. The number of nitrogens with one attached hydrogen (secondary N) is 1. The van der Waals surface area contributed by atoms with E-state index in [2.05, 4.69) is 5.32 Å². The summed E-state index contributed by atoms with van der Waals surface area (Å²) in [5, 5.41) is 12.1. The van der Waals surface area contributed by atoms with Crippen molar-refractivity contribution in [1.29, 1.82) is 0 Å². The van der Waals surface area contributed by atoms with Crippen molar-refractivity contribution >= 4 is 52.4 Å². The Morgan fingerprint density at radius 2 is 1.71 bits per heavy atom. The van der Waals surface area contributed by atoms with E-state index in [4.69, 9.17) is 16.7 Å². The molecule has 0 saturated carbocycles. The highest BCUT2D eigenvalue weighted by Gasteiger charge is 2.11. The lowest BCUT2D eigenvalue weighted by Crippen LogP contribution is -2.12. The highest BCUT2D eigenvalue weighted by Crippen LogP contribution is 2.20. The largest absolute Gasteiger partial charge is 0.477 e. The van der Waals surface area contributed by atoms with Crippen LogP contribution in [0.5, 0.6) is 0 Å². The second kappa shape index (κ2) is 8.65. The molecule has 1 amide bonds. The van der Waals surface area contributed by atoms with Crippen molar-refractivity contribution < 1.29 is 19.5 Å². The molecule has 2 N–H and O–H groups in total. The number of halogens is 1. The van der Waals surface area contributed by atoms with E-state index < -0.39 is 5.97 Å². The summed E-state index contributed by atoms with van der Waals surface area (Å²) < 4.78 is 0. The molecule has 0 aliphatic heterocycles. The van der Waals surface area contributed by atoms with Gasteiger partial charge in [-0.1, -0.05) is 41.9 Å². The highest BCUT2D eigenvalue weighted by molar-refractivity contribution is 7.16. The van der Waals surface area contributed by atoms with Crippen molar-refractivity contribution in [2.24, 2.45) is 0 Å². The quantitative estimate of drug-likeness (QED) is 0.428. The fourth-order valence-corrected chi connectivity index (χ4v) is 3.39. The van der Waals surface area contributed by atoms with Gasteiger partial charge < -0.3 is 10.4 Å². The maximum absolute atomic E-state index is 12.3. The minimum Gasteiger partial charge on any atom is -0.477 e. The monoisotopic (exact) mass is 411 g/mol. The molecule has 0 aliphatic rings. The molecule has 1 heterocycles. The van der Waals surface area contributed by atoms with Crippen molar-refractivity contribution in [2.75, 3.05) is 5.32 Å². The van der Waals surface area contributed by atoms with Crippen LogP contribution in [0.25, 0.3) is 6.08 Å². The zero-order valence-electron chi connectivity index (χ0n) is 14.4. The van der Waals surface area contributed by atoms with Gasteiger partial charge in [-0.05, 0) is 48.0 Å². The third-order valence-corrected chi connectivity index (χ3v) is 5.17. The van der Waals surface area contributed by atoms with Gasteiger partial charge in [-0.2, -0.15) is 0 Å². The summed E-state index contributed by atoms with van der Waals surface area (Å²) in [6, 6.07) is 16.6. The van der Waals surface area contributed by atoms with Crippen molar-refractivity contribution in [3.8, 4) is 0 Å². The van der Waals surface area contributed by atoms with Crippen LogP contribution in [0.4, 0.5) is 5.69 Å². The van der Waals surface area contributed by atoms with Crippen LogP contribution in [0.15, 0.2) is 66.7 Å². The molecular formula is C21H14ClNO4S. The van der Waals surface area contributed by atoms with E-state index >= 15 is 0 Å². The molecule has 3 rings (SSSR count). The number of carbonyl (C=O) groups excluding carboxylic acids is 2. The lowest BCUT2D eigenvalue weighted by Gasteiger charge is -2.07.